The highest BCUT2D eigenvalue weighted by molar-refractivity contribution is 9.10. The average molecular weight is 306 g/mol. The predicted octanol–water partition coefficient (Wildman–Crippen LogP) is 1.66. The molecule has 0 fully saturated rings. The largest absolute Gasteiger partial charge is 0.368 e. The lowest BCUT2D eigenvalue weighted by Crippen LogP contribution is -2.35. The van der Waals surface area contributed by atoms with Gasteiger partial charge in [0, 0.05) is 11.5 Å². The van der Waals surface area contributed by atoms with Crippen molar-refractivity contribution in [2.75, 3.05) is 13.6 Å². The van der Waals surface area contributed by atoms with Crippen molar-refractivity contribution in [3.8, 4) is 0 Å². The molecule has 2 N–H and O–H groups in total. The highest BCUT2D eigenvalue weighted by atomic mass is 79.9. The number of likely N-dealkylation sites (N-methyl/N-ethyl adjacent to an activating group) is 1. The Kier molecular flexibility index (Phi) is 4.32. The van der Waals surface area contributed by atoms with Crippen LogP contribution in [0.3, 0.4) is 0 Å². The quantitative estimate of drug-likeness (QED) is 0.923. The van der Waals surface area contributed by atoms with E-state index < -0.39 is 5.91 Å². The molecule has 1 rings (SSSR count). The predicted molar refractivity (Wildman–Crippen MR) is 65.3 cm³/mol. The van der Waals surface area contributed by atoms with Crippen LogP contribution in [0.2, 0.25) is 5.02 Å². The first-order chi connectivity index (χ1) is 7.41. The maximum absolute atomic E-state index is 11.9. The highest BCUT2D eigenvalue weighted by Crippen LogP contribution is 2.22. The second-order valence-corrected chi connectivity index (χ2v) is 4.57. The number of carbonyl (C=O) groups excluding carboxylic acids is 2. The maximum atomic E-state index is 11.9. The summed E-state index contributed by atoms with van der Waals surface area (Å²) in [7, 11) is 1.49. The fourth-order valence-electron chi connectivity index (χ4n) is 1.17. The summed E-state index contributed by atoms with van der Waals surface area (Å²) in [5.74, 6) is -0.910. The molecular weight excluding hydrogens is 295 g/mol. The first-order valence-corrected chi connectivity index (χ1v) is 5.57. The van der Waals surface area contributed by atoms with E-state index in [1.807, 2.05) is 0 Å². The standard InChI is InChI=1S/C10H10BrClN2O2/c1-14(5-9(13)15)10(16)7-4-6(11)2-3-8(7)12/h2-4H,5H2,1H3,(H2,13,15). The van der Waals surface area contributed by atoms with Crippen molar-refractivity contribution in [2.45, 2.75) is 0 Å². The third kappa shape index (κ3) is 3.21. The topological polar surface area (TPSA) is 63.4 Å². The summed E-state index contributed by atoms with van der Waals surface area (Å²) >= 11 is 9.13. The molecule has 16 heavy (non-hydrogen) atoms. The molecule has 2 amide bonds. The van der Waals surface area contributed by atoms with Crippen LogP contribution in [-0.2, 0) is 4.79 Å². The first kappa shape index (κ1) is 13.0. The molecule has 0 aliphatic carbocycles. The number of nitrogens with two attached hydrogens (primary N) is 1. The van der Waals surface area contributed by atoms with Crippen LogP contribution in [-0.4, -0.2) is 30.3 Å². The Morgan fingerprint density at radius 2 is 2.12 bits per heavy atom. The van der Waals surface area contributed by atoms with Gasteiger partial charge in [0.05, 0.1) is 17.1 Å². The van der Waals surface area contributed by atoms with Crippen LogP contribution in [0.5, 0.6) is 0 Å². The zero-order chi connectivity index (χ0) is 12.3. The van der Waals surface area contributed by atoms with Gasteiger partial charge in [-0.05, 0) is 18.2 Å². The summed E-state index contributed by atoms with van der Waals surface area (Å²) < 4.78 is 0.743. The van der Waals surface area contributed by atoms with E-state index in [4.69, 9.17) is 17.3 Å². The van der Waals surface area contributed by atoms with E-state index in [9.17, 15) is 9.59 Å². The molecule has 0 radical (unpaired) electrons. The van der Waals surface area contributed by atoms with Gasteiger partial charge in [0.15, 0.2) is 0 Å². The highest BCUT2D eigenvalue weighted by Gasteiger charge is 2.16. The Morgan fingerprint density at radius 1 is 1.50 bits per heavy atom. The third-order valence-corrected chi connectivity index (χ3v) is 2.72. The molecule has 6 heteroatoms. The molecule has 0 saturated heterocycles. The van der Waals surface area contributed by atoms with Crippen LogP contribution in [0.15, 0.2) is 22.7 Å². The number of hydrogen-bond donors (Lipinski definition) is 1. The van der Waals surface area contributed by atoms with Gasteiger partial charge in [-0.15, -0.1) is 0 Å². The van der Waals surface area contributed by atoms with Crippen LogP contribution in [0.25, 0.3) is 0 Å². The van der Waals surface area contributed by atoms with Crippen molar-refractivity contribution in [1.82, 2.24) is 4.90 Å². The van der Waals surface area contributed by atoms with Crippen LogP contribution in [0.4, 0.5) is 0 Å². The number of amides is 2. The van der Waals surface area contributed by atoms with Crippen LogP contribution in [0.1, 0.15) is 10.4 Å². The van der Waals surface area contributed by atoms with E-state index in [0.717, 1.165) is 4.47 Å². The number of benzene rings is 1. The third-order valence-electron chi connectivity index (χ3n) is 1.90. The lowest BCUT2D eigenvalue weighted by atomic mass is 10.2. The van der Waals surface area contributed by atoms with E-state index in [1.54, 1.807) is 18.2 Å². The first-order valence-electron chi connectivity index (χ1n) is 4.40. The van der Waals surface area contributed by atoms with Gasteiger partial charge in [-0.1, -0.05) is 27.5 Å². The Morgan fingerprint density at radius 3 is 2.69 bits per heavy atom. The summed E-state index contributed by atoms with van der Waals surface area (Å²) in [4.78, 5) is 23.8. The Balaban J connectivity index is 2.95. The summed E-state index contributed by atoms with van der Waals surface area (Å²) in [6, 6.07) is 4.94. The van der Waals surface area contributed by atoms with Crippen LogP contribution < -0.4 is 5.73 Å². The second-order valence-electron chi connectivity index (χ2n) is 3.25. The minimum absolute atomic E-state index is 0.137. The van der Waals surface area contributed by atoms with Crippen LogP contribution >= 0.6 is 27.5 Å². The number of primary amides is 1. The van der Waals surface area contributed by atoms with E-state index in [0.29, 0.717) is 10.6 Å². The summed E-state index contributed by atoms with van der Waals surface area (Å²) in [6.45, 7) is -0.137. The zero-order valence-corrected chi connectivity index (χ0v) is 10.9. The molecule has 1 aromatic carbocycles. The SMILES string of the molecule is CN(CC(N)=O)C(=O)c1cc(Br)ccc1Cl. The Labute approximate surface area is 106 Å². The number of halogens is 2. The fraction of sp³-hybridized carbons (Fsp3) is 0.200. The molecule has 0 aliphatic heterocycles. The zero-order valence-electron chi connectivity index (χ0n) is 8.54. The molecule has 0 spiro atoms. The van der Waals surface area contributed by atoms with Crippen molar-refractivity contribution in [3.05, 3.63) is 33.3 Å². The van der Waals surface area contributed by atoms with Crippen molar-refractivity contribution in [3.63, 3.8) is 0 Å². The molecule has 0 unspecified atom stereocenters. The normalized spacial score (nSPS) is 9.94. The van der Waals surface area contributed by atoms with Gasteiger partial charge < -0.3 is 10.6 Å². The van der Waals surface area contributed by atoms with Gasteiger partial charge in [0.1, 0.15) is 0 Å². The van der Waals surface area contributed by atoms with Gasteiger partial charge >= 0.3 is 0 Å². The summed E-state index contributed by atoms with van der Waals surface area (Å²) in [5, 5.41) is 0.338. The van der Waals surface area contributed by atoms with Gasteiger partial charge in [0.25, 0.3) is 5.91 Å². The molecule has 86 valence electrons. The monoisotopic (exact) mass is 304 g/mol. The van der Waals surface area contributed by atoms with Gasteiger partial charge in [0.2, 0.25) is 5.91 Å². The lowest BCUT2D eigenvalue weighted by Gasteiger charge is -2.15. The fourth-order valence-corrected chi connectivity index (χ4v) is 1.73. The second kappa shape index (κ2) is 5.32. The molecule has 0 atom stereocenters. The van der Waals surface area contributed by atoms with E-state index in [2.05, 4.69) is 15.9 Å². The number of carbonyl (C=O) groups is 2. The van der Waals surface area contributed by atoms with Crippen LogP contribution in [0, 0.1) is 0 Å². The lowest BCUT2D eigenvalue weighted by molar-refractivity contribution is -0.118. The molecule has 0 aromatic heterocycles. The average Bonchev–Trinajstić information content (AvgIpc) is 2.19. The van der Waals surface area contributed by atoms with Gasteiger partial charge in [-0.2, -0.15) is 0 Å². The maximum Gasteiger partial charge on any atom is 0.255 e. The molecule has 0 aliphatic rings. The number of nitrogens with zero attached hydrogens (tertiary/aromatic N) is 1. The molecule has 0 heterocycles. The Hall–Kier alpha value is -1.07. The minimum Gasteiger partial charge on any atom is -0.368 e. The smallest absolute Gasteiger partial charge is 0.255 e. The summed E-state index contributed by atoms with van der Waals surface area (Å²) in [6.07, 6.45) is 0. The minimum atomic E-state index is -0.568. The van der Waals surface area contributed by atoms with Crippen molar-refractivity contribution in [2.24, 2.45) is 5.73 Å². The Bertz CT molecular complexity index is 437. The van der Waals surface area contributed by atoms with Crippen molar-refractivity contribution >= 4 is 39.3 Å². The number of hydrogen-bond acceptors (Lipinski definition) is 2. The molecule has 0 bridgehead atoms. The van der Waals surface area contributed by atoms with E-state index >= 15 is 0 Å². The van der Waals surface area contributed by atoms with E-state index in [-0.39, 0.29) is 12.5 Å². The molecule has 0 saturated carbocycles. The van der Waals surface area contributed by atoms with Crippen molar-refractivity contribution in [1.29, 1.82) is 0 Å². The van der Waals surface area contributed by atoms with Gasteiger partial charge in [-0.25, -0.2) is 0 Å². The van der Waals surface area contributed by atoms with Crippen molar-refractivity contribution < 1.29 is 9.59 Å². The summed E-state index contributed by atoms with van der Waals surface area (Å²) in [5.41, 5.74) is 5.34. The molecule has 1 aromatic rings. The molecule has 4 nitrogen and oxygen atoms in total. The molecular formula is C10H10BrClN2O2. The van der Waals surface area contributed by atoms with E-state index in [1.165, 1.54) is 11.9 Å². The van der Waals surface area contributed by atoms with Gasteiger partial charge in [-0.3, -0.25) is 9.59 Å². The number of rotatable bonds is 3.